The molecule has 11 heavy (non-hydrogen) atoms. The van der Waals surface area contributed by atoms with Gasteiger partial charge in [0.05, 0.1) is 6.61 Å². The zero-order valence-electron chi connectivity index (χ0n) is 6.92. The van der Waals surface area contributed by atoms with Crippen LogP contribution in [-0.4, -0.2) is 13.5 Å². The van der Waals surface area contributed by atoms with Gasteiger partial charge in [-0.2, -0.15) is 0 Å². The van der Waals surface area contributed by atoms with Crippen LogP contribution < -0.4 is 0 Å². The fraction of sp³-hybridized carbons (Fsp3) is 1.00. The SMILES string of the molecule is C1CCC(B2CCOO2)CC1. The highest BCUT2D eigenvalue weighted by Gasteiger charge is 2.33. The zero-order valence-corrected chi connectivity index (χ0v) is 6.92. The molecule has 62 valence electrons. The zero-order chi connectivity index (χ0) is 7.52. The van der Waals surface area contributed by atoms with E-state index in [4.69, 9.17) is 9.69 Å². The van der Waals surface area contributed by atoms with Crippen LogP contribution in [0.3, 0.4) is 0 Å². The van der Waals surface area contributed by atoms with Crippen molar-refractivity contribution in [3.05, 3.63) is 0 Å². The number of hydrogen-bond acceptors (Lipinski definition) is 2. The predicted molar refractivity (Wildman–Crippen MR) is 44.4 cm³/mol. The van der Waals surface area contributed by atoms with Gasteiger partial charge in [0.15, 0.2) is 0 Å². The van der Waals surface area contributed by atoms with Gasteiger partial charge in [-0.1, -0.05) is 32.1 Å². The second kappa shape index (κ2) is 3.59. The number of hydrogen-bond donors (Lipinski definition) is 0. The van der Waals surface area contributed by atoms with Gasteiger partial charge >= 0.3 is 6.92 Å². The Morgan fingerprint density at radius 2 is 1.91 bits per heavy atom. The van der Waals surface area contributed by atoms with Gasteiger partial charge < -0.3 is 4.81 Å². The van der Waals surface area contributed by atoms with Crippen LogP contribution in [-0.2, 0) is 9.69 Å². The Bertz CT molecular complexity index is 117. The van der Waals surface area contributed by atoms with E-state index >= 15 is 0 Å². The van der Waals surface area contributed by atoms with Crippen molar-refractivity contribution in [3.8, 4) is 0 Å². The molecule has 0 aromatic carbocycles. The summed E-state index contributed by atoms with van der Waals surface area (Å²) in [6.45, 7) is 1.23. The van der Waals surface area contributed by atoms with E-state index in [1.807, 2.05) is 0 Å². The third-order valence-electron chi connectivity index (χ3n) is 2.85. The Morgan fingerprint density at radius 3 is 2.55 bits per heavy atom. The first-order chi connectivity index (χ1) is 5.47. The molecular weight excluding hydrogens is 139 g/mol. The molecular formula is C8H15BO2. The van der Waals surface area contributed by atoms with Gasteiger partial charge in [-0.25, -0.2) is 0 Å². The van der Waals surface area contributed by atoms with Crippen molar-refractivity contribution in [1.29, 1.82) is 0 Å². The number of rotatable bonds is 1. The fourth-order valence-corrected chi connectivity index (χ4v) is 2.17. The standard InChI is InChI=1S/C8H15BO2/c1-2-4-8(5-3-1)9-6-7-10-11-9/h8H,1-7H2. The van der Waals surface area contributed by atoms with Gasteiger partial charge in [0.2, 0.25) is 0 Å². The largest absolute Gasteiger partial charge is 0.345 e. The van der Waals surface area contributed by atoms with Crippen molar-refractivity contribution >= 4 is 6.92 Å². The lowest BCUT2D eigenvalue weighted by molar-refractivity contribution is -0.187. The van der Waals surface area contributed by atoms with Crippen molar-refractivity contribution in [3.63, 3.8) is 0 Å². The average Bonchev–Trinajstić information content (AvgIpc) is 2.58. The molecule has 3 heteroatoms. The lowest BCUT2D eigenvalue weighted by Gasteiger charge is -2.22. The van der Waals surface area contributed by atoms with Crippen LogP contribution in [0.25, 0.3) is 0 Å². The second-order valence-corrected chi connectivity index (χ2v) is 3.64. The predicted octanol–water partition coefficient (Wildman–Crippen LogP) is 2.27. The highest BCUT2D eigenvalue weighted by molar-refractivity contribution is 6.53. The molecule has 2 rings (SSSR count). The van der Waals surface area contributed by atoms with Crippen LogP contribution in [0.2, 0.25) is 12.1 Å². The van der Waals surface area contributed by atoms with E-state index in [0.29, 0.717) is 6.92 Å². The van der Waals surface area contributed by atoms with Gasteiger partial charge in [-0.15, -0.1) is 0 Å². The smallest absolute Gasteiger partial charge is 0.305 e. The Balaban J connectivity index is 1.82. The van der Waals surface area contributed by atoms with Crippen LogP contribution in [0.15, 0.2) is 0 Å². The fourth-order valence-electron chi connectivity index (χ4n) is 2.17. The Hall–Kier alpha value is -0.0151. The molecule has 2 aliphatic rings. The van der Waals surface area contributed by atoms with Crippen molar-refractivity contribution in [2.45, 2.75) is 44.2 Å². The molecule has 1 saturated heterocycles. The summed E-state index contributed by atoms with van der Waals surface area (Å²) < 4.78 is 0. The summed E-state index contributed by atoms with van der Waals surface area (Å²) in [7, 11) is 0. The monoisotopic (exact) mass is 154 g/mol. The van der Waals surface area contributed by atoms with Gasteiger partial charge in [-0.05, 0) is 12.1 Å². The Morgan fingerprint density at radius 1 is 1.09 bits per heavy atom. The molecule has 0 unspecified atom stereocenters. The van der Waals surface area contributed by atoms with E-state index < -0.39 is 0 Å². The molecule has 0 N–H and O–H groups in total. The normalized spacial score (nSPS) is 27.8. The van der Waals surface area contributed by atoms with E-state index in [9.17, 15) is 0 Å². The second-order valence-electron chi connectivity index (χ2n) is 3.64. The molecule has 1 aliphatic heterocycles. The molecule has 0 radical (unpaired) electrons. The first kappa shape index (κ1) is 7.62. The van der Waals surface area contributed by atoms with Gasteiger partial charge in [0.1, 0.15) is 0 Å². The van der Waals surface area contributed by atoms with E-state index in [0.717, 1.165) is 18.7 Å². The molecule has 0 aromatic rings. The van der Waals surface area contributed by atoms with Crippen molar-refractivity contribution in [2.24, 2.45) is 0 Å². The summed E-state index contributed by atoms with van der Waals surface area (Å²) in [5.74, 6) is 0.797. The maximum absolute atomic E-state index is 5.19. The minimum Gasteiger partial charge on any atom is -0.305 e. The lowest BCUT2D eigenvalue weighted by Crippen LogP contribution is -2.21. The van der Waals surface area contributed by atoms with Crippen molar-refractivity contribution in [2.75, 3.05) is 6.61 Å². The Labute approximate surface area is 68.3 Å². The lowest BCUT2D eigenvalue weighted by atomic mass is 9.50. The highest BCUT2D eigenvalue weighted by Crippen LogP contribution is 2.34. The summed E-state index contributed by atoms with van der Waals surface area (Å²) in [5.41, 5.74) is 0. The van der Waals surface area contributed by atoms with Crippen LogP contribution in [0.1, 0.15) is 32.1 Å². The Kier molecular flexibility index (Phi) is 2.49. The van der Waals surface area contributed by atoms with Crippen LogP contribution in [0.5, 0.6) is 0 Å². The topological polar surface area (TPSA) is 18.5 Å². The quantitative estimate of drug-likeness (QED) is 0.426. The molecule has 1 aliphatic carbocycles. The van der Waals surface area contributed by atoms with E-state index in [-0.39, 0.29) is 0 Å². The summed E-state index contributed by atoms with van der Waals surface area (Å²) in [5, 5.41) is 0. The van der Waals surface area contributed by atoms with E-state index in [1.165, 1.54) is 32.1 Å². The molecule has 0 atom stereocenters. The third kappa shape index (κ3) is 1.77. The van der Waals surface area contributed by atoms with Gasteiger partial charge in [0.25, 0.3) is 0 Å². The maximum atomic E-state index is 5.19. The van der Waals surface area contributed by atoms with Crippen LogP contribution in [0.4, 0.5) is 0 Å². The maximum Gasteiger partial charge on any atom is 0.345 e. The third-order valence-corrected chi connectivity index (χ3v) is 2.85. The minimum absolute atomic E-state index is 0.426. The molecule has 0 bridgehead atoms. The highest BCUT2D eigenvalue weighted by atomic mass is 17.2. The van der Waals surface area contributed by atoms with Crippen LogP contribution in [0, 0.1) is 0 Å². The molecule has 0 spiro atoms. The molecule has 0 aromatic heterocycles. The molecule has 2 fully saturated rings. The summed E-state index contributed by atoms with van der Waals surface area (Å²) in [6.07, 6.45) is 8.03. The molecule has 1 saturated carbocycles. The molecule has 1 heterocycles. The first-order valence-electron chi connectivity index (χ1n) is 4.75. The van der Waals surface area contributed by atoms with Gasteiger partial charge in [0, 0.05) is 0 Å². The molecule has 0 amide bonds. The van der Waals surface area contributed by atoms with Crippen molar-refractivity contribution in [1.82, 2.24) is 0 Å². The van der Waals surface area contributed by atoms with E-state index in [2.05, 4.69) is 0 Å². The summed E-state index contributed by atoms with van der Waals surface area (Å²) in [6, 6.07) is 0. The van der Waals surface area contributed by atoms with Crippen LogP contribution >= 0.6 is 0 Å². The first-order valence-corrected chi connectivity index (χ1v) is 4.75. The summed E-state index contributed by atoms with van der Waals surface area (Å²) >= 11 is 0. The molecule has 2 nitrogen and oxygen atoms in total. The van der Waals surface area contributed by atoms with Crippen molar-refractivity contribution < 1.29 is 9.69 Å². The van der Waals surface area contributed by atoms with E-state index in [1.54, 1.807) is 0 Å². The summed E-state index contributed by atoms with van der Waals surface area (Å²) in [4.78, 5) is 10.1. The van der Waals surface area contributed by atoms with Gasteiger partial charge in [-0.3, -0.25) is 4.89 Å². The average molecular weight is 154 g/mol. The minimum atomic E-state index is 0.426.